The first kappa shape index (κ1) is 14.8. The van der Waals surface area contributed by atoms with Crippen molar-refractivity contribution in [2.75, 3.05) is 6.61 Å². The van der Waals surface area contributed by atoms with E-state index in [9.17, 15) is 4.79 Å². The zero-order valence-electron chi connectivity index (χ0n) is 12.2. The number of carbonyl (C=O) groups is 1. The normalized spacial score (nSPS) is 10.6. The van der Waals surface area contributed by atoms with Gasteiger partial charge in [0.2, 0.25) is 0 Å². The number of hydrogen-bond acceptors (Lipinski definition) is 3. The van der Waals surface area contributed by atoms with Crippen LogP contribution >= 0.6 is 0 Å². The largest absolute Gasteiger partial charge is 0.483 e. The van der Waals surface area contributed by atoms with Crippen LogP contribution in [0.4, 0.5) is 0 Å². The molecule has 108 valence electrons. The lowest BCUT2D eigenvalue weighted by atomic mass is 10.1. The van der Waals surface area contributed by atoms with Gasteiger partial charge in [0.25, 0.3) is 5.91 Å². The molecule has 0 radical (unpaired) electrons. The Balaban J connectivity index is 1.83. The molecule has 0 saturated carbocycles. The van der Waals surface area contributed by atoms with Gasteiger partial charge in [-0.2, -0.15) is 5.10 Å². The molecule has 0 heterocycles. The lowest BCUT2D eigenvalue weighted by molar-refractivity contribution is -0.123. The van der Waals surface area contributed by atoms with E-state index in [1.165, 1.54) is 0 Å². The lowest BCUT2D eigenvalue weighted by Gasteiger charge is -2.09. The molecule has 0 unspecified atom stereocenters. The van der Waals surface area contributed by atoms with Gasteiger partial charge < -0.3 is 4.74 Å². The smallest absolute Gasteiger partial charge is 0.277 e. The Kier molecular flexibility index (Phi) is 5.10. The summed E-state index contributed by atoms with van der Waals surface area (Å²) in [7, 11) is 0. The molecule has 1 amide bonds. The van der Waals surface area contributed by atoms with Crippen LogP contribution in [-0.4, -0.2) is 18.7 Å². The quantitative estimate of drug-likeness (QED) is 0.677. The van der Waals surface area contributed by atoms with Crippen molar-refractivity contribution >= 4 is 12.1 Å². The molecule has 0 saturated heterocycles. The Labute approximate surface area is 124 Å². The van der Waals surface area contributed by atoms with Gasteiger partial charge >= 0.3 is 0 Å². The van der Waals surface area contributed by atoms with E-state index >= 15 is 0 Å². The molecular formula is C17H18N2O2. The Morgan fingerprint density at radius 1 is 1.14 bits per heavy atom. The van der Waals surface area contributed by atoms with E-state index in [2.05, 4.69) is 10.5 Å². The van der Waals surface area contributed by atoms with E-state index < -0.39 is 0 Å². The zero-order chi connectivity index (χ0) is 15.1. The summed E-state index contributed by atoms with van der Waals surface area (Å²) >= 11 is 0. The Hall–Kier alpha value is -2.62. The number of nitrogens with zero attached hydrogens (tertiary/aromatic N) is 1. The van der Waals surface area contributed by atoms with Crippen LogP contribution < -0.4 is 10.2 Å². The number of hydrogen-bond donors (Lipinski definition) is 1. The fraction of sp³-hybridized carbons (Fsp3) is 0.176. The number of ether oxygens (including phenoxy) is 1. The van der Waals surface area contributed by atoms with E-state index in [1.54, 1.807) is 6.21 Å². The molecule has 0 atom stereocenters. The Morgan fingerprint density at radius 2 is 1.90 bits per heavy atom. The van der Waals surface area contributed by atoms with Crippen molar-refractivity contribution in [2.45, 2.75) is 13.8 Å². The van der Waals surface area contributed by atoms with E-state index in [1.807, 2.05) is 62.4 Å². The molecule has 0 aliphatic rings. The summed E-state index contributed by atoms with van der Waals surface area (Å²) in [5.41, 5.74) is 5.54. The molecule has 0 bridgehead atoms. The standard InChI is InChI=1S/C17H18N2O2/c1-13-7-6-10-16(14(13)2)21-12-17(20)19-18-11-15-8-4-3-5-9-15/h3-11H,12H2,1-2H3,(H,19,20)/b18-11-. The zero-order valence-corrected chi connectivity index (χ0v) is 12.2. The summed E-state index contributed by atoms with van der Waals surface area (Å²) in [5.74, 6) is 0.431. The second kappa shape index (κ2) is 7.24. The van der Waals surface area contributed by atoms with Gasteiger partial charge in [-0.05, 0) is 36.6 Å². The molecule has 4 nitrogen and oxygen atoms in total. The average Bonchev–Trinajstić information content (AvgIpc) is 2.50. The minimum absolute atomic E-state index is 0.0591. The molecule has 2 rings (SSSR count). The molecule has 2 aromatic rings. The third-order valence-corrected chi connectivity index (χ3v) is 3.12. The van der Waals surface area contributed by atoms with Crippen molar-refractivity contribution in [3.05, 3.63) is 65.2 Å². The minimum Gasteiger partial charge on any atom is -0.483 e. The molecular weight excluding hydrogens is 264 g/mol. The summed E-state index contributed by atoms with van der Waals surface area (Å²) in [6, 6.07) is 15.3. The van der Waals surface area contributed by atoms with Crippen molar-refractivity contribution in [3.63, 3.8) is 0 Å². The van der Waals surface area contributed by atoms with E-state index in [0.717, 1.165) is 22.4 Å². The summed E-state index contributed by atoms with van der Waals surface area (Å²) in [5, 5.41) is 3.89. The van der Waals surface area contributed by atoms with Crippen molar-refractivity contribution in [1.29, 1.82) is 0 Å². The maximum Gasteiger partial charge on any atom is 0.277 e. The average molecular weight is 282 g/mol. The number of rotatable bonds is 5. The van der Waals surface area contributed by atoms with Gasteiger partial charge in [0.1, 0.15) is 5.75 Å². The molecule has 2 aromatic carbocycles. The van der Waals surface area contributed by atoms with Crippen molar-refractivity contribution < 1.29 is 9.53 Å². The third-order valence-electron chi connectivity index (χ3n) is 3.12. The third kappa shape index (κ3) is 4.45. The molecule has 0 aromatic heterocycles. The van der Waals surface area contributed by atoms with Gasteiger partial charge in [0.05, 0.1) is 6.21 Å². The number of aryl methyl sites for hydroxylation is 1. The first-order valence-corrected chi connectivity index (χ1v) is 6.73. The predicted octanol–water partition coefficient (Wildman–Crippen LogP) is 2.83. The van der Waals surface area contributed by atoms with Crippen LogP contribution in [0.25, 0.3) is 0 Å². The predicted molar refractivity (Wildman–Crippen MR) is 83.6 cm³/mol. The lowest BCUT2D eigenvalue weighted by Crippen LogP contribution is -2.24. The van der Waals surface area contributed by atoms with Crippen molar-refractivity contribution in [3.8, 4) is 5.75 Å². The highest BCUT2D eigenvalue weighted by Crippen LogP contribution is 2.20. The van der Waals surface area contributed by atoms with Crippen LogP contribution in [0.5, 0.6) is 5.75 Å². The van der Waals surface area contributed by atoms with Gasteiger partial charge in [-0.25, -0.2) is 5.43 Å². The SMILES string of the molecule is Cc1cccc(OCC(=O)N/N=C\c2ccccc2)c1C. The first-order valence-electron chi connectivity index (χ1n) is 6.73. The summed E-state index contributed by atoms with van der Waals surface area (Å²) in [4.78, 5) is 11.7. The van der Waals surface area contributed by atoms with Gasteiger partial charge in [0.15, 0.2) is 6.61 Å². The second-order valence-corrected chi connectivity index (χ2v) is 4.69. The Bertz CT molecular complexity index is 636. The number of carbonyl (C=O) groups excluding carboxylic acids is 1. The van der Waals surface area contributed by atoms with Crippen LogP contribution in [0.3, 0.4) is 0 Å². The van der Waals surface area contributed by atoms with Crippen LogP contribution in [0.15, 0.2) is 53.6 Å². The highest BCUT2D eigenvalue weighted by atomic mass is 16.5. The van der Waals surface area contributed by atoms with Crippen LogP contribution in [-0.2, 0) is 4.79 Å². The topological polar surface area (TPSA) is 50.7 Å². The van der Waals surface area contributed by atoms with Crippen LogP contribution in [0.1, 0.15) is 16.7 Å². The van der Waals surface area contributed by atoms with Crippen molar-refractivity contribution in [1.82, 2.24) is 5.43 Å². The number of hydrazone groups is 1. The highest BCUT2D eigenvalue weighted by Gasteiger charge is 2.05. The number of amides is 1. The highest BCUT2D eigenvalue weighted by molar-refractivity contribution is 5.82. The maximum absolute atomic E-state index is 11.7. The summed E-state index contributed by atoms with van der Waals surface area (Å²) in [6.07, 6.45) is 1.59. The van der Waals surface area contributed by atoms with Crippen LogP contribution in [0.2, 0.25) is 0 Å². The number of nitrogens with one attached hydrogen (secondary N) is 1. The van der Waals surface area contributed by atoms with Gasteiger partial charge in [0, 0.05) is 0 Å². The van der Waals surface area contributed by atoms with E-state index in [0.29, 0.717) is 0 Å². The molecule has 0 aliphatic heterocycles. The monoisotopic (exact) mass is 282 g/mol. The Morgan fingerprint density at radius 3 is 2.67 bits per heavy atom. The summed E-state index contributed by atoms with van der Waals surface area (Å²) in [6.45, 7) is 3.92. The van der Waals surface area contributed by atoms with Crippen LogP contribution in [0, 0.1) is 13.8 Å². The summed E-state index contributed by atoms with van der Waals surface area (Å²) < 4.78 is 5.50. The minimum atomic E-state index is -0.289. The first-order chi connectivity index (χ1) is 10.2. The van der Waals surface area contributed by atoms with Gasteiger partial charge in [-0.3, -0.25) is 4.79 Å². The molecule has 4 heteroatoms. The van der Waals surface area contributed by atoms with Gasteiger partial charge in [-0.1, -0.05) is 42.5 Å². The molecule has 0 fully saturated rings. The fourth-order valence-electron chi connectivity index (χ4n) is 1.77. The molecule has 21 heavy (non-hydrogen) atoms. The van der Waals surface area contributed by atoms with Gasteiger partial charge in [-0.15, -0.1) is 0 Å². The van der Waals surface area contributed by atoms with E-state index in [4.69, 9.17) is 4.74 Å². The fourth-order valence-corrected chi connectivity index (χ4v) is 1.77. The maximum atomic E-state index is 11.7. The molecule has 0 spiro atoms. The second-order valence-electron chi connectivity index (χ2n) is 4.69. The molecule has 0 aliphatic carbocycles. The van der Waals surface area contributed by atoms with E-state index in [-0.39, 0.29) is 12.5 Å². The number of benzene rings is 2. The van der Waals surface area contributed by atoms with Crippen molar-refractivity contribution in [2.24, 2.45) is 5.10 Å². The molecule has 1 N–H and O–H groups in total.